The van der Waals surface area contributed by atoms with Gasteiger partial charge in [0.1, 0.15) is 0 Å². The van der Waals surface area contributed by atoms with Crippen LogP contribution in [-0.4, -0.2) is 43.2 Å². The first-order chi connectivity index (χ1) is 8.54. The van der Waals surface area contributed by atoms with Gasteiger partial charge in [-0.2, -0.15) is 0 Å². The molecule has 1 aromatic rings. The number of hydrogen-bond donors (Lipinski definition) is 2. The van der Waals surface area contributed by atoms with Gasteiger partial charge in [-0.1, -0.05) is 5.16 Å². The van der Waals surface area contributed by atoms with E-state index in [0.717, 1.165) is 13.0 Å². The number of nitrogens with two attached hydrogens (primary N) is 1. The SMILES string of the molecule is CN(C)CCCOc1ccc(/C(N)=N/O)cc1F. The molecule has 0 spiro atoms. The molecule has 0 saturated heterocycles. The van der Waals surface area contributed by atoms with Gasteiger partial charge in [-0.15, -0.1) is 0 Å². The molecule has 0 aliphatic rings. The predicted octanol–water partition coefficient (Wildman–Crippen LogP) is 1.25. The van der Waals surface area contributed by atoms with Gasteiger partial charge in [0, 0.05) is 12.1 Å². The Bertz CT molecular complexity index is 422. The van der Waals surface area contributed by atoms with Crippen LogP contribution in [0.2, 0.25) is 0 Å². The van der Waals surface area contributed by atoms with Crippen molar-refractivity contribution >= 4 is 5.84 Å². The minimum Gasteiger partial charge on any atom is -0.490 e. The number of benzene rings is 1. The largest absolute Gasteiger partial charge is 0.490 e. The predicted molar refractivity (Wildman–Crippen MR) is 67.6 cm³/mol. The van der Waals surface area contributed by atoms with Crippen LogP contribution in [0.1, 0.15) is 12.0 Å². The zero-order chi connectivity index (χ0) is 13.5. The fourth-order valence-electron chi connectivity index (χ4n) is 1.40. The van der Waals surface area contributed by atoms with Crippen LogP contribution in [0.25, 0.3) is 0 Å². The summed E-state index contributed by atoms with van der Waals surface area (Å²) in [5.41, 5.74) is 5.67. The number of rotatable bonds is 6. The maximum Gasteiger partial charge on any atom is 0.170 e. The highest BCUT2D eigenvalue weighted by atomic mass is 19.1. The molecule has 1 aromatic carbocycles. The molecule has 5 nitrogen and oxygen atoms in total. The van der Waals surface area contributed by atoms with Crippen molar-refractivity contribution in [2.24, 2.45) is 10.9 Å². The topological polar surface area (TPSA) is 71.1 Å². The Morgan fingerprint density at radius 3 is 2.78 bits per heavy atom. The van der Waals surface area contributed by atoms with E-state index in [1.807, 2.05) is 19.0 Å². The van der Waals surface area contributed by atoms with Gasteiger partial charge in [-0.05, 0) is 38.7 Å². The Labute approximate surface area is 106 Å². The molecule has 0 radical (unpaired) electrons. The molecule has 18 heavy (non-hydrogen) atoms. The highest BCUT2D eigenvalue weighted by molar-refractivity contribution is 5.97. The van der Waals surface area contributed by atoms with E-state index in [-0.39, 0.29) is 11.6 Å². The summed E-state index contributed by atoms with van der Waals surface area (Å²) in [6, 6.07) is 4.19. The number of oxime groups is 1. The zero-order valence-electron chi connectivity index (χ0n) is 10.6. The van der Waals surface area contributed by atoms with Gasteiger partial charge < -0.3 is 20.6 Å². The minimum atomic E-state index is -0.524. The van der Waals surface area contributed by atoms with E-state index in [2.05, 4.69) is 5.16 Å². The van der Waals surface area contributed by atoms with Crippen molar-refractivity contribution in [2.75, 3.05) is 27.2 Å². The maximum atomic E-state index is 13.6. The second-order valence-electron chi connectivity index (χ2n) is 4.14. The number of hydrogen-bond acceptors (Lipinski definition) is 4. The van der Waals surface area contributed by atoms with Crippen molar-refractivity contribution in [3.63, 3.8) is 0 Å². The van der Waals surface area contributed by atoms with Gasteiger partial charge in [0.25, 0.3) is 0 Å². The van der Waals surface area contributed by atoms with Crippen molar-refractivity contribution in [3.8, 4) is 5.75 Å². The third kappa shape index (κ3) is 4.21. The van der Waals surface area contributed by atoms with Gasteiger partial charge >= 0.3 is 0 Å². The molecule has 0 amide bonds. The summed E-state index contributed by atoms with van der Waals surface area (Å²) in [7, 11) is 3.93. The van der Waals surface area contributed by atoms with Crippen LogP contribution in [0, 0.1) is 5.82 Å². The third-order valence-electron chi connectivity index (χ3n) is 2.34. The number of amidine groups is 1. The summed E-state index contributed by atoms with van der Waals surface area (Å²) in [6.07, 6.45) is 0.814. The fourth-order valence-corrected chi connectivity index (χ4v) is 1.40. The molecular weight excluding hydrogens is 237 g/mol. The van der Waals surface area contributed by atoms with Crippen LogP contribution in [0.5, 0.6) is 5.75 Å². The van der Waals surface area contributed by atoms with Crippen LogP contribution < -0.4 is 10.5 Å². The van der Waals surface area contributed by atoms with Gasteiger partial charge in [-0.25, -0.2) is 4.39 Å². The Balaban J connectivity index is 2.58. The lowest BCUT2D eigenvalue weighted by Crippen LogP contribution is -2.16. The average molecular weight is 255 g/mol. The molecule has 0 unspecified atom stereocenters. The molecule has 0 fully saturated rings. The van der Waals surface area contributed by atoms with Crippen LogP contribution in [-0.2, 0) is 0 Å². The zero-order valence-corrected chi connectivity index (χ0v) is 10.6. The quantitative estimate of drug-likeness (QED) is 0.264. The summed E-state index contributed by atoms with van der Waals surface area (Å²) in [5.74, 6) is -0.486. The summed E-state index contributed by atoms with van der Waals surface area (Å²) < 4.78 is 18.9. The summed E-state index contributed by atoms with van der Waals surface area (Å²) in [4.78, 5) is 2.03. The lowest BCUT2D eigenvalue weighted by atomic mass is 10.2. The molecule has 3 N–H and O–H groups in total. The smallest absolute Gasteiger partial charge is 0.170 e. The minimum absolute atomic E-state index is 0.131. The Kier molecular flexibility index (Phi) is 5.38. The van der Waals surface area contributed by atoms with E-state index in [1.165, 1.54) is 12.1 Å². The molecule has 0 aliphatic carbocycles. The lowest BCUT2D eigenvalue weighted by Gasteiger charge is -2.11. The second kappa shape index (κ2) is 6.80. The van der Waals surface area contributed by atoms with E-state index in [0.29, 0.717) is 12.2 Å². The van der Waals surface area contributed by atoms with E-state index < -0.39 is 5.82 Å². The highest BCUT2D eigenvalue weighted by Crippen LogP contribution is 2.18. The average Bonchev–Trinajstić information content (AvgIpc) is 2.34. The van der Waals surface area contributed by atoms with E-state index in [9.17, 15) is 4.39 Å². The second-order valence-corrected chi connectivity index (χ2v) is 4.14. The molecule has 100 valence electrons. The van der Waals surface area contributed by atoms with Crippen LogP contribution in [0.4, 0.5) is 4.39 Å². The Morgan fingerprint density at radius 1 is 1.50 bits per heavy atom. The molecule has 0 aromatic heterocycles. The number of ether oxygens (including phenoxy) is 1. The van der Waals surface area contributed by atoms with Crippen molar-refractivity contribution < 1.29 is 14.3 Å². The molecule has 6 heteroatoms. The summed E-state index contributed by atoms with van der Waals surface area (Å²) >= 11 is 0. The molecule has 0 bridgehead atoms. The first-order valence-corrected chi connectivity index (χ1v) is 5.59. The Morgan fingerprint density at radius 2 is 2.22 bits per heavy atom. The first kappa shape index (κ1) is 14.2. The van der Waals surface area contributed by atoms with Gasteiger partial charge in [-0.3, -0.25) is 0 Å². The normalized spacial score (nSPS) is 11.9. The fraction of sp³-hybridized carbons (Fsp3) is 0.417. The maximum absolute atomic E-state index is 13.6. The highest BCUT2D eigenvalue weighted by Gasteiger charge is 2.07. The Hall–Kier alpha value is -1.82. The standard InChI is InChI=1S/C12H18FN3O2/c1-16(2)6-3-7-18-11-5-4-9(8-10(11)13)12(14)15-17/h4-5,8,17H,3,6-7H2,1-2H3,(H2,14,15). The van der Waals surface area contributed by atoms with E-state index >= 15 is 0 Å². The van der Waals surface area contributed by atoms with Crippen LogP contribution in [0.15, 0.2) is 23.4 Å². The van der Waals surface area contributed by atoms with Crippen LogP contribution in [0.3, 0.4) is 0 Å². The van der Waals surface area contributed by atoms with Crippen molar-refractivity contribution in [1.29, 1.82) is 0 Å². The number of nitrogens with zero attached hydrogens (tertiary/aromatic N) is 2. The molecule has 0 aliphatic heterocycles. The monoisotopic (exact) mass is 255 g/mol. The van der Waals surface area contributed by atoms with E-state index in [4.69, 9.17) is 15.7 Å². The molecule has 0 atom stereocenters. The van der Waals surface area contributed by atoms with Crippen molar-refractivity contribution in [1.82, 2.24) is 4.90 Å². The van der Waals surface area contributed by atoms with E-state index in [1.54, 1.807) is 6.07 Å². The molecular formula is C12H18FN3O2. The van der Waals surface area contributed by atoms with Crippen molar-refractivity contribution in [2.45, 2.75) is 6.42 Å². The van der Waals surface area contributed by atoms with Crippen LogP contribution >= 0.6 is 0 Å². The molecule has 0 saturated carbocycles. The summed E-state index contributed by atoms with van der Waals surface area (Å²) in [5, 5.41) is 11.3. The van der Waals surface area contributed by atoms with Gasteiger partial charge in [0.15, 0.2) is 17.4 Å². The number of halogens is 1. The molecule has 0 heterocycles. The van der Waals surface area contributed by atoms with Gasteiger partial charge in [0.05, 0.1) is 6.61 Å². The third-order valence-corrected chi connectivity index (χ3v) is 2.34. The first-order valence-electron chi connectivity index (χ1n) is 5.59. The van der Waals surface area contributed by atoms with Crippen molar-refractivity contribution in [3.05, 3.63) is 29.6 Å². The molecule has 1 rings (SSSR count). The summed E-state index contributed by atoms with van der Waals surface area (Å²) in [6.45, 7) is 1.32. The van der Waals surface area contributed by atoms with Gasteiger partial charge in [0.2, 0.25) is 0 Å². The lowest BCUT2D eigenvalue weighted by molar-refractivity contribution is 0.271.